The Balaban J connectivity index is 2.14. The summed E-state index contributed by atoms with van der Waals surface area (Å²) < 4.78 is 0. The summed E-state index contributed by atoms with van der Waals surface area (Å²) in [6.07, 6.45) is 2.75. The van der Waals surface area contributed by atoms with E-state index in [1.54, 1.807) is 18.2 Å². The van der Waals surface area contributed by atoms with Crippen LogP contribution in [0.25, 0.3) is 0 Å². The van der Waals surface area contributed by atoms with Crippen LogP contribution < -0.4 is 5.32 Å². The summed E-state index contributed by atoms with van der Waals surface area (Å²) in [4.78, 5) is 12.1. The molecule has 2 rings (SSSR count). The molecule has 3 nitrogen and oxygen atoms in total. The summed E-state index contributed by atoms with van der Waals surface area (Å²) in [6.45, 7) is 1.86. The number of rotatable bonds is 3. The highest BCUT2D eigenvalue weighted by molar-refractivity contribution is 6.30. The van der Waals surface area contributed by atoms with Crippen LogP contribution in [0.4, 0.5) is 0 Å². The van der Waals surface area contributed by atoms with Crippen LogP contribution in [0.1, 0.15) is 35.2 Å². The van der Waals surface area contributed by atoms with E-state index in [2.05, 4.69) is 5.32 Å². The van der Waals surface area contributed by atoms with Crippen molar-refractivity contribution in [2.24, 2.45) is 0 Å². The Hall–Kier alpha value is -1.06. The summed E-state index contributed by atoms with van der Waals surface area (Å²) in [7, 11) is 0. The fourth-order valence-corrected chi connectivity index (χ4v) is 2.34. The number of hydrogen-bond acceptors (Lipinski definition) is 2. The maximum atomic E-state index is 12.1. The van der Waals surface area contributed by atoms with Crippen LogP contribution in [-0.4, -0.2) is 23.2 Å². The monoisotopic (exact) mass is 253 g/mol. The molecule has 0 atom stereocenters. The Morgan fingerprint density at radius 2 is 2.24 bits per heavy atom. The Kier molecular flexibility index (Phi) is 3.40. The molecule has 0 heterocycles. The van der Waals surface area contributed by atoms with E-state index in [-0.39, 0.29) is 12.5 Å². The molecule has 0 aliphatic heterocycles. The van der Waals surface area contributed by atoms with E-state index in [9.17, 15) is 9.90 Å². The van der Waals surface area contributed by atoms with E-state index < -0.39 is 5.54 Å². The molecule has 92 valence electrons. The van der Waals surface area contributed by atoms with Gasteiger partial charge in [0.1, 0.15) is 0 Å². The summed E-state index contributed by atoms with van der Waals surface area (Å²) >= 11 is 5.85. The van der Waals surface area contributed by atoms with E-state index in [4.69, 9.17) is 11.6 Å². The smallest absolute Gasteiger partial charge is 0.252 e. The lowest BCUT2D eigenvalue weighted by atomic mass is 9.77. The molecule has 2 N–H and O–H groups in total. The number of benzene rings is 1. The maximum absolute atomic E-state index is 12.1. The molecule has 0 radical (unpaired) electrons. The van der Waals surface area contributed by atoms with Gasteiger partial charge in [-0.2, -0.15) is 0 Å². The highest BCUT2D eigenvalue weighted by atomic mass is 35.5. The molecule has 1 aromatic rings. The molecular formula is C13H16ClNO2. The zero-order valence-corrected chi connectivity index (χ0v) is 10.5. The van der Waals surface area contributed by atoms with Crippen LogP contribution in [0.5, 0.6) is 0 Å². The number of aryl methyl sites for hydroxylation is 1. The summed E-state index contributed by atoms with van der Waals surface area (Å²) in [5.74, 6) is -0.132. The zero-order chi connectivity index (χ0) is 12.5. The Morgan fingerprint density at radius 3 is 2.71 bits per heavy atom. The first-order valence-corrected chi connectivity index (χ1v) is 6.14. The number of amides is 1. The second-order valence-electron chi connectivity index (χ2n) is 4.71. The number of carbonyl (C=O) groups is 1. The average molecular weight is 254 g/mol. The van der Waals surface area contributed by atoms with Crippen LogP contribution in [0.2, 0.25) is 5.02 Å². The molecule has 4 heteroatoms. The number of aliphatic hydroxyl groups excluding tert-OH is 1. The summed E-state index contributed by atoms with van der Waals surface area (Å²) in [6, 6.07) is 5.19. The second kappa shape index (κ2) is 4.67. The topological polar surface area (TPSA) is 49.3 Å². The highest BCUT2D eigenvalue weighted by Gasteiger charge is 2.37. The fourth-order valence-electron chi connectivity index (χ4n) is 2.12. The van der Waals surface area contributed by atoms with Crippen LogP contribution in [0, 0.1) is 6.92 Å². The SMILES string of the molecule is Cc1cc(Cl)ccc1C(=O)NC1(CO)CCC1. The molecule has 1 saturated carbocycles. The largest absolute Gasteiger partial charge is 0.394 e. The molecule has 1 fully saturated rings. The van der Waals surface area contributed by atoms with Gasteiger partial charge in [0.2, 0.25) is 0 Å². The van der Waals surface area contributed by atoms with E-state index in [0.717, 1.165) is 24.8 Å². The van der Waals surface area contributed by atoms with Crippen molar-refractivity contribution in [3.05, 3.63) is 34.3 Å². The first kappa shape index (κ1) is 12.4. The van der Waals surface area contributed by atoms with Gasteiger partial charge in [-0.15, -0.1) is 0 Å². The van der Waals surface area contributed by atoms with Crippen molar-refractivity contribution in [3.63, 3.8) is 0 Å². The number of hydrogen-bond donors (Lipinski definition) is 2. The van der Waals surface area contributed by atoms with Crippen LogP contribution in [-0.2, 0) is 0 Å². The quantitative estimate of drug-likeness (QED) is 0.868. The van der Waals surface area contributed by atoms with Gasteiger partial charge >= 0.3 is 0 Å². The van der Waals surface area contributed by atoms with E-state index in [0.29, 0.717) is 10.6 Å². The molecular weight excluding hydrogens is 238 g/mol. The van der Waals surface area contributed by atoms with Gasteiger partial charge in [-0.3, -0.25) is 4.79 Å². The van der Waals surface area contributed by atoms with Gasteiger partial charge in [0.25, 0.3) is 5.91 Å². The van der Waals surface area contributed by atoms with Crippen molar-refractivity contribution in [3.8, 4) is 0 Å². The zero-order valence-electron chi connectivity index (χ0n) is 9.79. The minimum absolute atomic E-state index is 0.00533. The van der Waals surface area contributed by atoms with Crippen molar-refractivity contribution in [1.29, 1.82) is 0 Å². The van der Waals surface area contributed by atoms with Crippen LogP contribution >= 0.6 is 11.6 Å². The molecule has 1 amide bonds. The number of carbonyl (C=O) groups excluding carboxylic acids is 1. The molecule has 1 aliphatic rings. The van der Waals surface area contributed by atoms with Gasteiger partial charge in [0.15, 0.2) is 0 Å². The molecule has 0 bridgehead atoms. The van der Waals surface area contributed by atoms with Gasteiger partial charge < -0.3 is 10.4 Å². The molecule has 0 saturated heterocycles. The number of aliphatic hydroxyl groups is 1. The van der Waals surface area contributed by atoms with E-state index in [1.165, 1.54) is 0 Å². The van der Waals surface area contributed by atoms with Crippen LogP contribution in [0.15, 0.2) is 18.2 Å². The normalized spacial score (nSPS) is 17.4. The fraction of sp³-hybridized carbons (Fsp3) is 0.462. The van der Waals surface area contributed by atoms with E-state index >= 15 is 0 Å². The van der Waals surface area contributed by atoms with Gasteiger partial charge in [-0.25, -0.2) is 0 Å². The predicted octanol–water partition coefficient (Wildman–Crippen LogP) is 2.29. The van der Waals surface area contributed by atoms with Crippen LogP contribution in [0.3, 0.4) is 0 Å². The Bertz CT molecular complexity index is 436. The first-order valence-electron chi connectivity index (χ1n) is 5.76. The standard InChI is InChI=1S/C13H16ClNO2/c1-9-7-10(14)3-4-11(9)12(17)15-13(8-16)5-2-6-13/h3-4,7,16H,2,5-6,8H2,1H3,(H,15,17). The van der Waals surface area contributed by atoms with Crippen molar-refractivity contribution >= 4 is 17.5 Å². The number of nitrogens with one attached hydrogen (secondary N) is 1. The van der Waals surface area contributed by atoms with Gasteiger partial charge in [0.05, 0.1) is 12.1 Å². The summed E-state index contributed by atoms with van der Waals surface area (Å²) in [5.41, 5.74) is 1.07. The van der Waals surface area contributed by atoms with Gasteiger partial charge in [0, 0.05) is 10.6 Å². The molecule has 1 aromatic carbocycles. The molecule has 1 aliphatic carbocycles. The third-order valence-electron chi connectivity index (χ3n) is 3.43. The maximum Gasteiger partial charge on any atom is 0.252 e. The Labute approximate surface area is 106 Å². The number of halogens is 1. The lowest BCUT2D eigenvalue weighted by molar-refractivity contribution is 0.0641. The second-order valence-corrected chi connectivity index (χ2v) is 5.14. The molecule has 17 heavy (non-hydrogen) atoms. The van der Waals surface area contributed by atoms with E-state index in [1.807, 2.05) is 6.92 Å². The molecule has 0 spiro atoms. The Morgan fingerprint density at radius 1 is 1.53 bits per heavy atom. The first-order chi connectivity index (χ1) is 8.06. The lowest BCUT2D eigenvalue weighted by Crippen LogP contribution is -2.56. The molecule has 0 unspecified atom stereocenters. The van der Waals surface area contributed by atoms with Gasteiger partial charge in [-0.1, -0.05) is 11.6 Å². The highest BCUT2D eigenvalue weighted by Crippen LogP contribution is 2.31. The van der Waals surface area contributed by atoms with Crippen molar-refractivity contribution in [2.45, 2.75) is 31.7 Å². The summed E-state index contributed by atoms with van der Waals surface area (Å²) in [5, 5.41) is 12.9. The van der Waals surface area contributed by atoms with Gasteiger partial charge in [-0.05, 0) is 49.9 Å². The third kappa shape index (κ3) is 2.45. The lowest BCUT2D eigenvalue weighted by Gasteiger charge is -2.41. The minimum atomic E-state index is -0.400. The predicted molar refractivity (Wildman–Crippen MR) is 67.3 cm³/mol. The van der Waals surface area contributed by atoms with Crippen molar-refractivity contribution < 1.29 is 9.90 Å². The third-order valence-corrected chi connectivity index (χ3v) is 3.66. The van der Waals surface area contributed by atoms with Crippen molar-refractivity contribution in [2.75, 3.05) is 6.61 Å². The average Bonchev–Trinajstić information content (AvgIpc) is 2.23. The molecule has 0 aromatic heterocycles. The van der Waals surface area contributed by atoms with Crippen molar-refractivity contribution in [1.82, 2.24) is 5.32 Å². The minimum Gasteiger partial charge on any atom is -0.394 e.